The van der Waals surface area contributed by atoms with E-state index in [1.807, 2.05) is 6.92 Å². The van der Waals surface area contributed by atoms with Crippen LogP contribution in [0.15, 0.2) is 0 Å². The number of piperidine rings is 1. The van der Waals surface area contributed by atoms with Crippen LogP contribution in [0.3, 0.4) is 0 Å². The summed E-state index contributed by atoms with van der Waals surface area (Å²) < 4.78 is 4.19. The monoisotopic (exact) mass is 239 g/mol. The number of hydrogen-bond donors (Lipinski definition) is 2. The highest BCUT2D eigenvalue weighted by atomic mass is 32.1. The maximum Gasteiger partial charge on any atom is 0.205 e. The Hall–Kier alpha value is -1.17. The summed E-state index contributed by atoms with van der Waals surface area (Å²) >= 11 is 1.44. The Balaban J connectivity index is 2.03. The molecule has 5 nitrogen and oxygen atoms in total. The number of anilines is 1. The molecule has 0 aliphatic carbocycles. The molecule has 1 aliphatic rings. The Morgan fingerprint density at radius 3 is 2.56 bits per heavy atom. The van der Waals surface area contributed by atoms with Gasteiger partial charge in [-0.2, -0.15) is 4.37 Å². The van der Waals surface area contributed by atoms with E-state index in [0.29, 0.717) is 5.84 Å². The van der Waals surface area contributed by atoms with Crippen LogP contribution in [0.5, 0.6) is 0 Å². The number of aromatic nitrogens is 2. The molecule has 0 saturated carbocycles. The molecule has 16 heavy (non-hydrogen) atoms. The summed E-state index contributed by atoms with van der Waals surface area (Å²) in [6.45, 7) is 5.79. The molecule has 1 aromatic heterocycles. The normalized spacial score (nSPS) is 19.8. The highest BCUT2D eigenvalue weighted by Gasteiger charge is 2.33. The van der Waals surface area contributed by atoms with Crippen LogP contribution in [0.25, 0.3) is 0 Å². The minimum absolute atomic E-state index is 0.129. The van der Waals surface area contributed by atoms with E-state index in [0.717, 1.165) is 36.9 Å². The number of amidine groups is 1. The molecular weight excluding hydrogens is 222 g/mol. The van der Waals surface area contributed by atoms with Crippen LogP contribution < -0.4 is 10.6 Å². The van der Waals surface area contributed by atoms with Crippen LogP contribution in [-0.2, 0) is 0 Å². The second-order valence-corrected chi connectivity index (χ2v) is 5.32. The van der Waals surface area contributed by atoms with Crippen molar-refractivity contribution < 1.29 is 0 Å². The molecule has 1 aromatic rings. The molecule has 2 rings (SSSR count). The van der Waals surface area contributed by atoms with Crippen molar-refractivity contribution in [2.75, 3.05) is 18.0 Å². The smallest absolute Gasteiger partial charge is 0.205 e. The number of nitrogens with one attached hydrogen (secondary N) is 1. The van der Waals surface area contributed by atoms with E-state index in [2.05, 4.69) is 21.2 Å². The van der Waals surface area contributed by atoms with Gasteiger partial charge in [-0.25, -0.2) is 4.98 Å². The van der Waals surface area contributed by atoms with Gasteiger partial charge in [0, 0.05) is 30.0 Å². The fourth-order valence-corrected chi connectivity index (χ4v) is 2.60. The second kappa shape index (κ2) is 4.01. The predicted molar refractivity (Wildman–Crippen MR) is 66.1 cm³/mol. The topological polar surface area (TPSA) is 78.9 Å². The first-order valence-corrected chi connectivity index (χ1v) is 6.18. The molecule has 0 spiro atoms. The average molecular weight is 239 g/mol. The Labute approximate surface area is 99.4 Å². The average Bonchev–Trinajstić information content (AvgIpc) is 2.66. The summed E-state index contributed by atoms with van der Waals surface area (Å²) in [7, 11) is 0. The van der Waals surface area contributed by atoms with Gasteiger partial charge < -0.3 is 10.6 Å². The Morgan fingerprint density at radius 1 is 1.50 bits per heavy atom. The second-order valence-electron chi connectivity index (χ2n) is 4.59. The van der Waals surface area contributed by atoms with E-state index in [1.165, 1.54) is 11.5 Å². The third-order valence-electron chi connectivity index (χ3n) is 3.30. The predicted octanol–water partition coefficient (Wildman–Crippen LogP) is 1.39. The van der Waals surface area contributed by atoms with Crippen LogP contribution in [0.4, 0.5) is 5.13 Å². The van der Waals surface area contributed by atoms with E-state index in [-0.39, 0.29) is 5.41 Å². The molecule has 1 aliphatic heterocycles. The van der Waals surface area contributed by atoms with Gasteiger partial charge in [-0.05, 0) is 19.8 Å². The van der Waals surface area contributed by atoms with Gasteiger partial charge in [-0.15, -0.1) is 0 Å². The van der Waals surface area contributed by atoms with Gasteiger partial charge in [-0.1, -0.05) is 6.92 Å². The van der Waals surface area contributed by atoms with E-state index in [9.17, 15) is 0 Å². The summed E-state index contributed by atoms with van der Waals surface area (Å²) in [5, 5.41) is 8.58. The Morgan fingerprint density at radius 2 is 2.12 bits per heavy atom. The fourth-order valence-electron chi connectivity index (χ4n) is 1.88. The van der Waals surface area contributed by atoms with E-state index in [1.54, 1.807) is 0 Å². The van der Waals surface area contributed by atoms with Gasteiger partial charge in [0.25, 0.3) is 0 Å². The fraction of sp³-hybridized carbons (Fsp3) is 0.700. The van der Waals surface area contributed by atoms with E-state index < -0.39 is 0 Å². The first-order valence-electron chi connectivity index (χ1n) is 5.41. The maximum atomic E-state index is 7.59. The summed E-state index contributed by atoms with van der Waals surface area (Å²) in [6, 6.07) is 0. The van der Waals surface area contributed by atoms with Gasteiger partial charge in [0.15, 0.2) is 0 Å². The molecule has 3 N–H and O–H groups in total. The standard InChI is InChI=1S/C10H17N5S/c1-7-13-9(16-14-7)15-5-3-10(2,4-6-15)8(11)12/h3-6H2,1-2H3,(H3,11,12). The van der Waals surface area contributed by atoms with Crippen molar-refractivity contribution in [2.45, 2.75) is 26.7 Å². The molecule has 6 heteroatoms. The van der Waals surface area contributed by atoms with Crippen LogP contribution >= 0.6 is 11.5 Å². The first kappa shape index (κ1) is 11.3. The zero-order valence-corrected chi connectivity index (χ0v) is 10.5. The van der Waals surface area contributed by atoms with Crippen LogP contribution in [0.2, 0.25) is 0 Å². The van der Waals surface area contributed by atoms with Gasteiger partial charge in [0.1, 0.15) is 5.82 Å². The molecular formula is C10H17N5S. The Kier molecular flexibility index (Phi) is 2.84. The van der Waals surface area contributed by atoms with Crippen molar-refractivity contribution in [3.05, 3.63) is 5.82 Å². The maximum absolute atomic E-state index is 7.59. The van der Waals surface area contributed by atoms with Crippen molar-refractivity contribution in [3.63, 3.8) is 0 Å². The number of aryl methyl sites for hydroxylation is 1. The minimum atomic E-state index is -0.129. The summed E-state index contributed by atoms with van der Waals surface area (Å²) in [6.07, 6.45) is 1.84. The number of nitrogens with two attached hydrogens (primary N) is 1. The largest absolute Gasteiger partial charge is 0.387 e. The van der Waals surface area contributed by atoms with Crippen LogP contribution in [0, 0.1) is 17.7 Å². The van der Waals surface area contributed by atoms with E-state index in [4.69, 9.17) is 11.1 Å². The Bertz CT molecular complexity index is 392. The highest BCUT2D eigenvalue weighted by molar-refractivity contribution is 7.09. The molecule has 0 amide bonds. The SMILES string of the molecule is Cc1nsc(N2CCC(C)(C(=N)N)CC2)n1. The van der Waals surface area contributed by atoms with Gasteiger partial charge in [-0.3, -0.25) is 5.41 Å². The third kappa shape index (κ3) is 2.02. The molecule has 0 aromatic carbocycles. The van der Waals surface area contributed by atoms with Crippen LogP contribution in [-0.4, -0.2) is 28.3 Å². The summed E-state index contributed by atoms with van der Waals surface area (Å²) in [5.74, 6) is 1.14. The van der Waals surface area contributed by atoms with Gasteiger partial charge >= 0.3 is 0 Å². The molecule has 1 saturated heterocycles. The summed E-state index contributed by atoms with van der Waals surface area (Å²) in [5.41, 5.74) is 5.50. The molecule has 0 atom stereocenters. The lowest BCUT2D eigenvalue weighted by atomic mass is 9.79. The van der Waals surface area contributed by atoms with E-state index >= 15 is 0 Å². The quantitative estimate of drug-likeness (QED) is 0.604. The lowest BCUT2D eigenvalue weighted by Crippen LogP contribution is -2.45. The zero-order chi connectivity index (χ0) is 11.8. The van der Waals surface area contributed by atoms with Crippen molar-refractivity contribution in [3.8, 4) is 0 Å². The number of nitrogens with zero attached hydrogens (tertiary/aromatic N) is 3. The molecule has 0 bridgehead atoms. The molecule has 2 heterocycles. The van der Waals surface area contributed by atoms with Crippen molar-refractivity contribution in [2.24, 2.45) is 11.1 Å². The third-order valence-corrected chi connectivity index (χ3v) is 4.17. The molecule has 88 valence electrons. The summed E-state index contributed by atoms with van der Waals surface area (Å²) in [4.78, 5) is 6.61. The lowest BCUT2D eigenvalue weighted by molar-refractivity contribution is 0.351. The lowest BCUT2D eigenvalue weighted by Gasteiger charge is -2.38. The van der Waals surface area contributed by atoms with Gasteiger partial charge in [0.05, 0.1) is 5.84 Å². The first-order chi connectivity index (χ1) is 7.51. The van der Waals surface area contributed by atoms with Crippen molar-refractivity contribution >= 4 is 22.5 Å². The molecule has 0 unspecified atom stereocenters. The number of hydrogen-bond acceptors (Lipinski definition) is 5. The highest BCUT2D eigenvalue weighted by Crippen LogP contribution is 2.33. The molecule has 0 radical (unpaired) electrons. The van der Waals surface area contributed by atoms with Crippen molar-refractivity contribution in [1.82, 2.24) is 9.36 Å². The van der Waals surface area contributed by atoms with Gasteiger partial charge in [0.2, 0.25) is 5.13 Å². The number of rotatable bonds is 2. The van der Waals surface area contributed by atoms with Crippen LogP contribution in [0.1, 0.15) is 25.6 Å². The zero-order valence-electron chi connectivity index (χ0n) is 9.66. The minimum Gasteiger partial charge on any atom is -0.387 e. The molecule has 1 fully saturated rings. The van der Waals surface area contributed by atoms with Crippen molar-refractivity contribution in [1.29, 1.82) is 5.41 Å².